The van der Waals surface area contributed by atoms with Gasteiger partial charge in [0, 0.05) is 17.9 Å². The van der Waals surface area contributed by atoms with E-state index in [-0.39, 0.29) is 4.90 Å². The second-order valence-corrected chi connectivity index (χ2v) is 8.34. The molecule has 7 nitrogen and oxygen atoms in total. The predicted molar refractivity (Wildman–Crippen MR) is 96.9 cm³/mol. The van der Waals surface area contributed by atoms with Crippen LogP contribution in [0.4, 0.5) is 0 Å². The summed E-state index contributed by atoms with van der Waals surface area (Å²) in [5, 5.41) is 10.0. The molecule has 0 spiro atoms. The Hall–Kier alpha value is -1.84. The lowest BCUT2D eigenvalue weighted by atomic mass is 10.2. The second-order valence-electron chi connectivity index (χ2n) is 5.83. The van der Waals surface area contributed by atoms with Crippen LogP contribution in [0.1, 0.15) is 30.4 Å². The van der Waals surface area contributed by atoms with Crippen molar-refractivity contribution in [2.24, 2.45) is 5.14 Å². The number of hydrogen-bond acceptors (Lipinski definition) is 6. The predicted octanol–water partition coefficient (Wildman–Crippen LogP) is 2.99. The minimum atomic E-state index is -3.75. The summed E-state index contributed by atoms with van der Waals surface area (Å²) in [7, 11) is -3.75. The largest absolute Gasteiger partial charge is 0.361 e. The number of benzene rings is 1. The molecule has 0 amide bonds. The molecule has 9 heteroatoms. The fourth-order valence-electron chi connectivity index (χ4n) is 2.66. The van der Waals surface area contributed by atoms with Gasteiger partial charge in [-0.2, -0.15) is 0 Å². The van der Waals surface area contributed by atoms with Gasteiger partial charge < -0.3 is 9.09 Å². The molecule has 0 aliphatic rings. The molecule has 0 radical (unpaired) electrons. The van der Waals surface area contributed by atoms with Gasteiger partial charge in [0.1, 0.15) is 5.76 Å². The summed E-state index contributed by atoms with van der Waals surface area (Å²) >= 11 is 1.58. The molecule has 0 fully saturated rings. The summed E-state index contributed by atoms with van der Waals surface area (Å²) in [5.41, 5.74) is 3.46. The Morgan fingerprint density at radius 3 is 2.68 bits per heavy atom. The molecule has 2 heterocycles. The van der Waals surface area contributed by atoms with Crippen molar-refractivity contribution in [1.29, 1.82) is 0 Å². The SMILES string of the molecule is CCCn1c(SCc2c(C)noc2C)nc2cc(S(N)(=O)=O)ccc21. The van der Waals surface area contributed by atoms with Gasteiger partial charge in [0.15, 0.2) is 5.16 Å². The van der Waals surface area contributed by atoms with Gasteiger partial charge >= 0.3 is 0 Å². The van der Waals surface area contributed by atoms with E-state index in [1.165, 1.54) is 12.1 Å². The zero-order chi connectivity index (χ0) is 18.2. The first-order valence-electron chi connectivity index (χ1n) is 7.89. The van der Waals surface area contributed by atoms with Crippen molar-refractivity contribution < 1.29 is 12.9 Å². The van der Waals surface area contributed by atoms with Crippen molar-refractivity contribution in [3.05, 3.63) is 35.2 Å². The maximum Gasteiger partial charge on any atom is 0.238 e. The number of imidazole rings is 1. The van der Waals surface area contributed by atoms with Crippen molar-refractivity contribution in [2.45, 2.75) is 49.5 Å². The molecule has 2 N–H and O–H groups in total. The minimum absolute atomic E-state index is 0.0726. The Balaban J connectivity index is 2.00. The van der Waals surface area contributed by atoms with E-state index in [1.54, 1.807) is 17.8 Å². The van der Waals surface area contributed by atoms with Crippen LogP contribution in [0.2, 0.25) is 0 Å². The third-order valence-corrected chi connectivity index (χ3v) is 5.90. The Morgan fingerprint density at radius 2 is 2.08 bits per heavy atom. The molecule has 0 bridgehead atoms. The third-order valence-electron chi connectivity index (χ3n) is 3.99. The average Bonchev–Trinajstić information content (AvgIpc) is 3.05. The zero-order valence-electron chi connectivity index (χ0n) is 14.3. The second kappa shape index (κ2) is 6.81. The van der Waals surface area contributed by atoms with E-state index in [1.807, 2.05) is 13.8 Å². The number of hydrogen-bond donors (Lipinski definition) is 1. The van der Waals surface area contributed by atoms with E-state index in [4.69, 9.17) is 9.66 Å². The summed E-state index contributed by atoms with van der Waals surface area (Å²) < 4.78 is 30.4. The number of nitrogens with two attached hydrogens (primary N) is 1. The topological polar surface area (TPSA) is 104 Å². The molecule has 0 unspecified atom stereocenters. The van der Waals surface area contributed by atoms with Crippen molar-refractivity contribution in [3.8, 4) is 0 Å². The van der Waals surface area contributed by atoms with Crippen molar-refractivity contribution in [3.63, 3.8) is 0 Å². The Kier molecular flexibility index (Phi) is 4.90. The van der Waals surface area contributed by atoms with Gasteiger partial charge in [-0.3, -0.25) is 0 Å². The highest BCUT2D eigenvalue weighted by atomic mass is 32.2. The summed E-state index contributed by atoms with van der Waals surface area (Å²) in [5.74, 6) is 1.50. The molecular formula is C16H20N4O3S2. The van der Waals surface area contributed by atoms with Gasteiger partial charge in [-0.05, 0) is 38.5 Å². The number of fused-ring (bicyclic) bond motifs is 1. The van der Waals surface area contributed by atoms with E-state index in [0.29, 0.717) is 11.3 Å². The molecule has 2 aromatic heterocycles. The van der Waals surface area contributed by atoms with Crippen LogP contribution in [-0.4, -0.2) is 23.1 Å². The molecule has 0 aliphatic carbocycles. The number of sulfonamides is 1. The van der Waals surface area contributed by atoms with E-state index in [0.717, 1.165) is 40.7 Å². The van der Waals surface area contributed by atoms with Gasteiger partial charge in [-0.25, -0.2) is 18.5 Å². The zero-order valence-corrected chi connectivity index (χ0v) is 15.9. The van der Waals surface area contributed by atoms with Crippen LogP contribution in [0.5, 0.6) is 0 Å². The Labute approximate surface area is 150 Å². The van der Waals surface area contributed by atoms with Gasteiger partial charge in [0.2, 0.25) is 10.0 Å². The molecule has 1 aromatic carbocycles. The standard InChI is InChI=1S/C16H20N4O3S2/c1-4-7-20-15-6-5-12(25(17,21)22)8-14(15)18-16(20)24-9-13-10(2)19-23-11(13)3/h5-6,8H,4,7,9H2,1-3H3,(H2,17,21,22). The third kappa shape index (κ3) is 3.58. The molecule has 25 heavy (non-hydrogen) atoms. The van der Waals surface area contributed by atoms with Crippen LogP contribution in [0.15, 0.2) is 32.8 Å². The van der Waals surface area contributed by atoms with Gasteiger partial charge in [0.05, 0.1) is 21.6 Å². The van der Waals surface area contributed by atoms with Gasteiger partial charge in [0.25, 0.3) is 0 Å². The lowest BCUT2D eigenvalue weighted by Gasteiger charge is -2.07. The number of thioether (sulfide) groups is 1. The normalized spacial score (nSPS) is 12.2. The maximum atomic E-state index is 11.6. The number of nitrogens with zero attached hydrogens (tertiary/aromatic N) is 3. The number of rotatable bonds is 6. The van der Waals surface area contributed by atoms with Crippen LogP contribution in [0.25, 0.3) is 11.0 Å². The smallest absolute Gasteiger partial charge is 0.238 e. The number of aromatic nitrogens is 3. The first-order chi connectivity index (χ1) is 11.8. The van der Waals surface area contributed by atoms with E-state index >= 15 is 0 Å². The van der Waals surface area contributed by atoms with Crippen LogP contribution in [0, 0.1) is 13.8 Å². The summed E-state index contributed by atoms with van der Waals surface area (Å²) in [4.78, 5) is 4.69. The molecule has 3 aromatic rings. The van der Waals surface area contributed by atoms with E-state index in [2.05, 4.69) is 21.6 Å². The quantitative estimate of drug-likeness (QED) is 0.659. The molecule has 0 saturated carbocycles. The molecule has 0 saturated heterocycles. The Bertz CT molecular complexity index is 1000. The van der Waals surface area contributed by atoms with Crippen LogP contribution in [-0.2, 0) is 22.3 Å². The molecule has 0 atom stereocenters. The summed E-state index contributed by atoms with van der Waals surface area (Å²) in [6, 6.07) is 4.81. The van der Waals surface area contributed by atoms with Crippen molar-refractivity contribution >= 4 is 32.8 Å². The highest BCUT2D eigenvalue weighted by Crippen LogP contribution is 2.30. The fourth-order valence-corrected chi connectivity index (χ4v) is 4.39. The van der Waals surface area contributed by atoms with Crippen LogP contribution in [0.3, 0.4) is 0 Å². The average molecular weight is 380 g/mol. The summed E-state index contributed by atoms with van der Waals surface area (Å²) in [6.45, 7) is 6.70. The molecule has 3 rings (SSSR count). The monoisotopic (exact) mass is 380 g/mol. The van der Waals surface area contributed by atoms with Crippen LogP contribution >= 0.6 is 11.8 Å². The highest BCUT2D eigenvalue weighted by Gasteiger charge is 2.16. The van der Waals surface area contributed by atoms with Gasteiger partial charge in [-0.15, -0.1) is 0 Å². The van der Waals surface area contributed by atoms with Crippen molar-refractivity contribution in [1.82, 2.24) is 14.7 Å². The summed E-state index contributed by atoms with van der Waals surface area (Å²) in [6.07, 6.45) is 0.946. The maximum absolute atomic E-state index is 11.6. The first-order valence-corrected chi connectivity index (χ1v) is 10.4. The van der Waals surface area contributed by atoms with E-state index < -0.39 is 10.0 Å². The molecule has 134 valence electrons. The first kappa shape index (κ1) is 18.0. The lowest BCUT2D eigenvalue weighted by molar-refractivity contribution is 0.392. The Morgan fingerprint density at radius 1 is 1.32 bits per heavy atom. The van der Waals surface area contributed by atoms with Gasteiger partial charge in [-0.1, -0.05) is 23.8 Å². The molecular weight excluding hydrogens is 360 g/mol. The van der Waals surface area contributed by atoms with Crippen molar-refractivity contribution in [2.75, 3.05) is 0 Å². The lowest BCUT2D eigenvalue weighted by Crippen LogP contribution is -2.11. The highest BCUT2D eigenvalue weighted by molar-refractivity contribution is 7.98. The minimum Gasteiger partial charge on any atom is -0.361 e. The fraction of sp³-hybridized carbons (Fsp3) is 0.375. The van der Waals surface area contributed by atoms with E-state index in [9.17, 15) is 8.42 Å². The number of aryl methyl sites for hydroxylation is 3. The number of primary sulfonamides is 1. The molecule has 0 aliphatic heterocycles. The van der Waals surface area contributed by atoms with Crippen LogP contribution < -0.4 is 5.14 Å².